The molecule has 0 bridgehead atoms. The zero-order valence-corrected chi connectivity index (χ0v) is 26.4. The van der Waals surface area contributed by atoms with E-state index in [4.69, 9.17) is 9.72 Å². The quantitative estimate of drug-likeness (QED) is 0.215. The number of nitrogens with one attached hydrogen (secondary N) is 2. The average Bonchev–Trinajstić information content (AvgIpc) is 3.66. The van der Waals surface area contributed by atoms with Crippen LogP contribution in [0.1, 0.15) is 37.5 Å². The standard InChI is InChI=1S/C29H39N9O3Si/c1-17-26-30-18(2)34-38(26)22-10-8-9-20(25(22)35(17)3)31-21-15-23(33-28(39)19-11-12-19)32-27-24(21)29(40)36(4)37(27)16-41-13-14-42(5,6)7/h8-10,15,17,19H,11-14,16H2,1-7H3,(H2,31,32,33,39)/t17-/m0/s1. The molecule has 1 aliphatic carbocycles. The summed E-state index contributed by atoms with van der Waals surface area (Å²) in [7, 11) is 2.47. The first-order valence-electron chi connectivity index (χ1n) is 14.5. The number of amides is 1. The third-order valence-electron chi connectivity index (χ3n) is 8.08. The molecule has 1 amide bonds. The van der Waals surface area contributed by atoms with Crippen LogP contribution in [0.4, 0.5) is 22.9 Å². The summed E-state index contributed by atoms with van der Waals surface area (Å²) >= 11 is 0. The van der Waals surface area contributed by atoms with Gasteiger partial charge in [-0.05, 0) is 44.9 Å². The highest BCUT2D eigenvalue weighted by molar-refractivity contribution is 6.76. The number of anilines is 4. The summed E-state index contributed by atoms with van der Waals surface area (Å²) in [6.07, 6.45) is 1.76. The Labute approximate surface area is 245 Å². The molecule has 222 valence electrons. The van der Waals surface area contributed by atoms with E-state index in [2.05, 4.69) is 52.2 Å². The Morgan fingerprint density at radius 1 is 1.14 bits per heavy atom. The molecule has 2 N–H and O–H groups in total. The van der Waals surface area contributed by atoms with E-state index in [-0.39, 0.29) is 30.2 Å². The largest absolute Gasteiger partial charge is 0.361 e. The lowest BCUT2D eigenvalue weighted by atomic mass is 10.1. The van der Waals surface area contributed by atoms with Crippen molar-refractivity contribution in [3.63, 3.8) is 0 Å². The van der Waals surface area contributed by atoms with Gasteiger partial charge in [0, 0.05) is 40.8 Å². The number of nitrogens with zero attached hydrogens (tertiary/aromatic N) is 7. The van der Waals surface area contributed by atoms with E-state index in [0.717, 1.165) is 41.8 Å². The van der Waals surface area contributed by atoms with Gasteiger partial charge in [-0.25, -0.2) is 24.0 Å². The number of fused-ring (bicyclic) bond motifs is 4. The Morgan fingerprint density at radius 2 is 1.90 bits per heavy atom. The van der Waals surface area contributed by atoms with E-state index in [1.54, 1.807) is 17.8 Å². The lowest BCUT2D eigenvalue weighted by Crippen LogP contribution is -2.31. The first-order valence-corrected chi connectivity index (χ1v) is 18.2. The molecule has 0 unspecified atom stereocenters. The maximum atomic E-state index is 13.7. The fourth-order valence-electron chi connectivity index (χ4n) is 5.32. The number of benzene rings is 1. The summed E-state index contributed by atoms with van der Waals surface area (Å²) in [6, 6.07) is 8.69. The van der Waals surface area contributed by atoms with Gasteiger partial charge in [0.1, 0.15) is 23.8 Å². The van der Waals surface area contributed by atoms with Gasteiger partial charge in [-0.15, -0.1) is 0 Å². The van der Waals surface area contributed by atoms with Crippen LogP contribution in [0.2, 0.25) is 25.7 Å². The van der Waals surface area contributed by atoms with Crippen LogP contribution in [-0.2, 0) is 23.3 Å². The molecule has 1 fully saturated rings. The minimum absolute atomic E-state index is 0.0124. The van der Waals surface area contributed by atoms with E-state index < -0.39 is 8.07 Å². The van der Waals surface area contributed by atoms with Crippen LogP contribution in [0.3, 0.4) is 0 Å². The van der Waals surface area contributed by atoms with Gasteiger partial charge in [0.25, 0.3) is 5.56 Å². The SMILES string of the molecule is Cc1nc2n(n1)-c1cccc(Nc3cc(NC(=O)C4CC4)nc4c3c(=O)n(C)n4COCC[Si](C)(C)C)c1N(C)[C@H]2C. The zero-order chi connectivity index (χ0) is 29.9. The summed E-state index contributed by atoms with van der Waals surface area (Å²) in [5.74, 6) is 1.93. The molecule has 12 nitrogen and oxygen atoms in total. The van der Waals surface area contributed by atoms with Gasteiger partial charge in [0.05, 0.1) is 28.8 Å². The van der Waals surface area contributed by atoms with Crippen molar-refractivity contribution >= 4 is 47.9 Å². The van der Waals surface area contributed by atoms with E-state index in [9.17, 15) is 9.59 Å². The van der Waals surface area contributed by atoms with Gasteiger partial charge < -0.3 is 20.3 Å². The fraction of sp³-hybridized carbons (Fsp3) is 0.483. The molecule has 0 saturated heterocycles. The van der Waals surface area contributed by atoms with Crippen molar-refractivity contribution < 1.29 is 9.53 Å². The van der Waals surface area contributed by atoms with E-state index >= 15 is 0 Å². The highest BCUT2D eigenvalue weighted by Gasteiger charge is 2.32. The summed E-state index contributed by atoms with van der Waals surface area (Å²) < 4.78 is 11.2. The molecule has 0 radical (unpaired) electrons. The minimum Gasteiger partial charge on any atom is -0.361 e. The molecule has 4 aromatic rings. The lowest BCUT2D eigenvalue weighted by Gasteiger charge is -2.34. The van der Waals surface area contributed by atoms with Crippen molar-refractivity contribution in [1.29, 1.82) is 0 Å². The van der Waals surface area contributed by atoms with Crippen LogP contribution in [0.15, 0.2) is 29.1 Å². The lowest BCUT2D eigenvalue weighted by molar-refractivity contribution is -0.117. The van der Waals surface area contributed by atoms with Gasteiger partial charge in [0.2, 0.25) is 5.91 Å². The van der Waals surface area contributed by atoms with E-state index in [1.165, 1.54) is 4.68 Å². The van der Waals surface area contributed by atoms with Gasteiger partial charge in [-0.1, -0.05) is 25.7 Å². The minimum atomic E-state index is -1.28. The third kappa shape index (κ3) is 5.11. The van der Waals surface area contributed by atoms with Crippen molar-refractivity contribution in [2.24, 2.45) is 13.0 Å². The summed E-state index contributed by atoms with van der Waals surface area (Å²) in [6.45, 7) is 11.7. The number of carbonyl (C=O) groups is 1. The van der Waals surface area contributed by atoms with Crippen LogP contribution < -0.4 is 21.1 Å². The van der Waals surface area contributed by atoms with Crippen LogP contribution in [0, 0.1) is 12.8 Å². The van der Waals surface area contributed by atoms with Gasteiger partial charge in [-0.2, -0.15) is 5.10 Å². The second-order valence-corrected chi connectivity index (χ2v) is 18.2. The van der Waals surface area contributed by atoms with Crippen molar-refractivity contribution in [3.05, 3.63) is 46.3 Å². The highest BCUT2D eigenvalue weighted by Crippen LogP contribution is 2.43. The fourth-order valence-corrected chi connectivity index (χ4v) is 6.08. The molecule has 1 aromatic carbocycles. The first-order chi connectivity index (χ1) is 19.9. The molecule has 4 heterocycles. The van der Waals surface area contributed by atoms with Crippen LogP contribution in [0.25, 0.3) is 16.7 Å². The molecule has 3 aromatic heterocycles. The number of aromatic nitrogens is 6. The third-order valence-corrected chi connectivity index (χ3v) is 9.79. The molecule has 1 atom stereocenters. The number of pyridine rings is 1. The summed E-state index contributed by atoms with van der Waals surface area (Å²) in [5.41, 5.74) is 3.44. The molecule has 1 saturated carbocycles. The number of para-hydroxylation sites is 1. The van der Waals surface area contributed by atoms with Crippen molar-refractivity contribution in [2.45, 2.75) is 65.1 Å². The number of carbonyl (C=O) groups excluding carboxylic acids is 1. The Morgan fingerprint density at radius 3 is 2.62 bits per heavy atom. The van der Waals surface area contributed by atoms with Gasteiger partial charge in [0.15, 0.2) is 11.5 Å². The second kappa shape index (κ2) is 10.4. The topological polar surface area (TPSA) is 124 Å². The van der Waals surface area contributed by atoms with Crippen LogP contribution in [-0.4, -0.2) is 56.7 Å². The van der Waals surface area contributed by atoms with Crippen molar-refractivity contribution in [2.75, 3.05) is 29.2 Å². The Hall–Kier alpha value is -3.97. The summed E-state index contributed by atoms with van der Waals surface area (Å²) in [5, 5.41) is 11.6. The Kier molecular flexibility index (Phi) is 6.96. The predicted molar refractivity (Wildman–Crippen MR) is 167 cm³/mol. The number of hydrogen-bond acceptors (Lipinski definition) is 8. The average molecular weight is 590 g/mol. The Bertz CT molecular complexity index is 1750. The number of aryl methyl sites for hydroxylation is 1. The number of hydrogen-bond donors (Lipinski definition) is 2. The maximum absolute atomic E-state index is 13.7. The van der Waals surface area contributed by atoms with E-state index in [1.807, 2.05) is 36.9 Å². The van der Waals surface area contributed by atoms with E-state index in [0.29, 0.717) is 35.0 Å². The normalized spacial score (nSPS) is 16.5. The number of rotatable bonds is 9. The highest BCUT2D eigenvalue weighted by atomic mass is 28.3. The van der Waals surface area contributed by atoms with Crippen molar-refractivity contribution in [3.8, 4) is 5.69 Å². The molecule has 2 aliphatic rings. The summed E-state index contributed by atoms with van der Waals surface area (Å²) in [4.78, 5) is 38.0. The zero-order valence-electron chi connectivity index (χ0n) is 25.4. The van der Waals surface area contributed by atoms with Gasteiger partial charge in [-0.3, -0.25) is 9.59 Å². The first kappa shape index (κ1) is 28.2. The molecule has 6 rings (SSSR count). The maximum Gasteiger partial charge on any atom is 0.278 e. The molecule has 1 aliphatic heterocycles. The molecular weight excluding hydrogens is 550 g/mol. The number of ether oxygens (including phenoxy) is 1. The van der Waals surface area contributed by atoms with Crippen LogP contribution in [0.5, 0.6) is 0 Å². The molecular formula is C29H39N9O3Si. The van der Waals surface area contributed by atoms with Crippen molar-refractivity contribution in [1.82, 2.24) is 29.1 Å². The molecule has 0 spiro atoms. The van der Waals surface area contributed by atoms with Gasteiger partial charge >= 0.3 is 0 Å². The molecule has 42 heavy (non-hydrogen) atoms. The molecule has 13 heteroatoms. The second-order valence-electron chi connectivity index (χ2n) is 12.6. The monoisotopic (exact) mass is 589 g/mol. The van der Waals surface area contributed by atoms with Crippen LogP contribution >= 0.6 is 0 Å². The predicted octanol–water partition coefficient (Wildman–Crippen LogP) is 4.54. The smallest absolute Gasteiger partial charge is 0.278 e. The Balaban J connectivity index is 1.44.